The summed E-state index contributed by atoms with van der Waals surface area (Å²) in [5.41, 5.74) is 0. The molecule has 1 unspecified atom stereocenters. The fourth-order valence-corrected chi connectivity index (χ4v) is 3.14. The lowest BCUT2D eigenvalue weighted by atomic mass is 10.0. The smallest absolute Gasteiger partial charge is 0.388 e. The first-order valence-electron chi connectivity index (χ1n) is 10.6. The highest BCUT2D eigenvalue weighted by atomic mass is 31.2. The first kappa shape index (κ1) is 27.0. The average molecular weight is 413 g/mol. The summed E-state index contributed by atoms with van der Waals surface area (Å²) in [5, 5.41) is 9.36. The van der Waals surface area contributed by atoms with Crippen molar-refractivity contribution in [1.29, 1.82) is 0 Å². The Labute approximate surface area is 165 Å². The van der Waals surface area contributed by atoms with Crippen LogP contribution >= 0.6 is 7.82 Å². The summed E-state index contributed by atoms with van der Waals surface area (Å²) < 4.78 is 14.6. The summed E-state index contributed by atoms with van der Waals surface area (Å²) in [6.45, 7) is 2.03. The molecule has 0 saturated heterocycles. The molecule has 0 aliphatic heterocycles. The fourth-order valence-electron chi connectivity index (χ4n) is 2.77. The molecule has 0 aromatic heterocycles. The molecule has 0 aromatic rings. The summed E-state index contributed by atoms with van der Waals surface area (Å²) in [7, 11) is -4.55. The number of phosphoric ester groups is 1. The van der Waals surface area contributed by atoms with Gasteiger partial charge in [0.15, 0.2) is 0 Å². The molecular formula is C19H41O7P. The van der Waals surface area contributed by atoms with Crippen LogP contribution < -0.4 is 0 Å². The van der Waals surface area contributed by atoms with Crippen molar-refractivity contribution in [3.63, 3.8) is 0 Å². The lowest BCUT2D eigenvalue weighted by Gasteiger charge is -2.11. The number of rotatable bonds is 21. The van der Waals surface area contributed by atoms with E-state index in [-0.39, 0.29) is 6.61 Å². The van der Waals surface area contributed by atoms with Gasteiger partial charge in [0.2, 0.25) is 0 Å². The van der Waals surface area contributed by atoms with Gasteiger partial charge in [-0.3, -0.25) is 4.52 Å². The van der Waals surface area contributed by atoms with Gasteiger partial charge in [-0.05, 0) is 6.42 Å². The second-order valence-electron chi connectivity index (χ2n) is 7.14. The van der Waals surface area contributed by atoms with Crippen LogP contribution in [-0.2, 0) is 18.9 Å². The van der Waals surface area contributed by atoms with Crippen molar-refractivity contribution in [2.75, 3.05) is 19.8 Å². The first-order valence-corrected chi connectivity index (χ1v) is 12.1. The van der Waals surface area contributed by atoms with Crippen molar-refractivity contribution in [3.8, 4) is 0 Å². The van der Waals surface area contributed by atoms with E-state index in [4.69, 9.17) is 19.6 Å². The minimum Gasteiger partial charge on any atom is -0.388 e. The minimum atomic E-state index is -4.55. The second kappa shape index (κ2) is 19.3. The third-order valence-electron chi connectivity index (χ3n) is 4.36. The number of aliphatic hydroxyl groups is 1. The minimum absolute atomic E-state index is 0.182. The topological polar surface area (TPSA) is 105 Å². The van der Waals surface area contributed by atoms with Crippen LogP contribution in [0, 0.1) is 0 Å². The van der Waals surface area contributed by atoms with Gasteiger partial charge in [-0.15, -0.1) is 0 Å². The van der Waals surface area contributed by atoms with Crippen LogP contribution in [0.3, 0.4) is 0 Å². The highest BCUT2D eigenvalue weighted by Gasteiger charge is 2.17. The van der Waals surface area contributed by atoms with Gasteiger partial charge in [-0.25, -0.2) is 14.3 Å². The summed E-state index contributed by atoms with van der Waals surface area (Å²) in [6.07, 6.45) is 17.0. The van der Waals surface area contributed by atoms with Gasteiger partial charge < -0.3 is 14.9 Å². The van der Waals surface area contributed by atoms with Crippen LogP contribution in [0.25, 0.3) is 0 Å². The quantitative estimate of drug-likeness (QED) is 0.107. The molecule has 164 valence electrons. The van der Waals surface area contributed by atoms with Crippen LogP contribution in [0.5, 0.6) is 0 Å². The van der Waals surface area contributed by atoms with E-state index in [1.807, 2.05) is 0 Å². The van der Waals surface area contributed by atoms with Crippen molar-refractivity contribution in [3.05, 3.63) is 0 Å². The van der Waals surface area contributed by atoms with E-state index in [1.54, 1.807) is 0 Å². The van der Waals surface area contributed by atoms with Crippen LogP contribution in [-0.4, -0.2) is 40.8 Å². The van der Waals surface area contributed by atoms with Gasteiger partial charge in [0.25, 0.3) is 0 Å². The van der Waals surface area contributed by atoms with Crippen LogP contribution in [0.4, 0.5) is 0 Å². The van der Waals surface area contributed by atoms with Crippen molar-refractivity contribution in [2.45, 2.75) is 103 Å². The molecule has 0 radical (unpaired) electrons. The second-order valence-corrected chi connectivity index (χ2v) is 8.38. The lowest BCUT2D eigenvalue weighted by Crippen LogP contribution is -2.21. The van der Waals surface area contributed by atoms with Gasteiger partial charge in [-0.2, -0.15) is 0 Å². The Morgan fingerprint density at radius 2 is 1.15 bits per heavy atom. The maximum Gasteiger partial charge on any atom is 0.469 e. The van der Waals surface area contributed by atoms with Crippen LogP contribution in [0.15, 0.2) is 0 Å². The summed E-state index contributed by atoms with van der Waals surface area (Å²) in [6, 6.07) is 0. The molecule has 0 bridgehead atoms. The van der Waals surface area contributed by atoms with E-state index >= 15 is 0 Å². The highest BCUT2D eigenvalue weighted by Crippen LogP contribution is 2.35. The average Bonchev–Trinajstić information content (AvgIpc) is 2.62. The highest BCUT2D eigenvalue weighted by molar-refractivity contribution is 7.46. The molecular weight excluding hydrogens is 371 g/mol. The molecule has 0 amide bonds. The Kier molecular flexibility index (Phi) is 19.3. The molecule has 0 aliphatic carbocycles. The molecule has 0 heterocycles. The Morgan fingerprint density at radius 3 is 1.59 bits per heavy atom. The Balaban J connectivity index is 3.13. The Bertz CT molecular complexity index is 349. The molecule has 0 fully saturated rings. The monoisotopic (exact) mass is 412 g/mol. The standard InChI is InChI=1S/C19H41O7P/c1-2-3-4-5-6-7-8-9-10-11-12-13-14-15-16-24-25-17-19(20)18-26-27(21,22)23/h19-20H,2-18H2,1H3,(H2,21,22,23). The van der Waals surface area contributed by atoms with E-state index in [0.717, 1.165) is 12.8 Å². The largest absolute Gasteiger partial charge is 0.469 e. The maximum absolute atomic E-state index is 10.5. The van der Waals surface area contributed by atoms with Gasteiger partial charge in [0.05, 0.1) is 13.2 Å². The van der Waals surface area contributed by atoms with Crippen molar-refractivity contribution < 1.29 is 33.8 Å². The fraction of sp³-hybridized carbons (Fsp3) is 1.00. The lowest BCUT2D eigenvalue weighted by molar-refractivity contribution is -0.306. The number of aliphatic hydroxyl groups excluding tert-OH is 1. The first-order chi connectivity index (χ1) is 13.0. The summed E-state index contributed by atoms with van der Waals surface area (Å²) in [4.78, 5) is 26.7. The Hall–Kier alpha value is -0.0100. The molecule has 0 rings (SSSR count). The van der Waals surface area contributed by atoms with E-state index in [9.17, 15) is 9.67 Å². The normalized spacial score (nSPS) is 13.2. The summed E-state index contributed by atoms with van der Waals surface area (Å²) in [5.74, 6) is 0. The van der Waals surface area contributed by atoms with Gasteiger partial charge >= 0.3 is 7.82 Å². The molecule has 7 nitrogen and oxygen atoms in total. The zero-order chi connectivity index (χ0) is 20.2. The van der Waals surface area contributed by atoms with Crippen molar-refractivity contribution in [1.82, 2.24) is 0 Å². The molecule has 3 N–H and O–H groups in total. The number of hydrogen-bond donors (Lipinski definition) is 3. The molecule has 0 aliphatic rings. The van der Waals surface area contributed by atoms with Gasteiger partial charge in [0, 0.05) is 0 Å². The third kappa shape index (κ3) is 24.0. The number of unbranched alkanes of at least 4 members (excludes halogenated alkanes) is 13. The summed E-state index contributed by atoms with van der Waals surface area (Å²) >= 11 is 0. The Morgan fingerprint density at radius 1 is 0.704 bits per heavy atom. The van der Waals surface area contributed by atoms with Gasteiger partial charge in [-0.1, -0.05) is 90.4 Å². The molecule has 1 atom stereocenters. The van der Waals surface area contributed by atoms with Crippen molar-refractivity contribution >= 4 is 7.82 Å². The zero-order valence-corrected chi connectivity index (χ0v) is 17.9. The molecule has 0 saturated carbocycles. The third-order valence-corrected chi connectivity index (χ3v) is 4.85. The number of hydrogen-bond acceptors (Lipinski definition) is 5. The van der Waals surface area contributed by atoms with Gasteiger partial charge in [0.1, 0.15) is 12.7 Å². The maximum atomic E-state index is 10.5. The zero-order valence-electron chi connectivity index (χ0n) is 17.0. The van der Waals surface area contributed by atoms with Crippen LogP contribution in [0.2, 0.25) is 0 Å². The predicted molar refractivity (Wildman–Crippen MR) is 106 cm³/mol. The van der Waals surface area contributed by atoms with E-state index < -0.39 is 20.5 Å². The molecule has 0 spiro atoms. The van der Waals surface area contributed by atoms with E-state index in [2.05, 4.69) is 11.4 Å². The SMILES string of the molecule is CCCCCCCCCCCCCCCCOOCC(O)COP(=O)(O)O. The molecule has 27 heavy (non-hydrogen) atoms. The molecule has 8 heteroatoms. The van der Waals surface area contributed by atoms with Crippen molar-refractivity contribution in [2.24, 2.45) is 0 Å². The van der Waals surface area contributed by atoms with Crippen LogP contribution in [0.1, 0.15) is 96.8 Å². The van der Waals surface area contributed by atoms with E-state index in [1.165, 1.54) is 77.0 Å². The number of phosphoric acid groups is 1. The predicted octanol–water partition coefficient (Wildman–Crippen LogP) is 4.89. The molecule has 0 aromatic carbocycles. The van der Waals surface area contributed by atoms with E-state index in [0.29, 0.717) is 6.61 Å².